The maximum atomic E-state index is 13.4. The maximum Gasteiger partial charge on any atom is 0.491 e. The summed E-state index contributed by atoms with van der Waals surface area (Å²) in [5, 5.41) is 17.6. The highest BCUT2D eigenvalue weighted by molar-refractivity contribution is 6.58. The molecule has 0 aromatic heterocycles. The van der Waals surface area contributed by atoms with E-state index in [0.717, 1.165) is 31.4 Å². The first-order valence-corrected chi connectivity index (χ1v) is 5.40. The number of benzene rings is 1. The van der Waals surface area contributed by atoms with Gasteiger partial charge in [0.2, 0.25) is 0 Å². The summed E-state index contributed by atoms with van der Waals surface area (Å²) in [7, 11) is -1.97. The van der Waals surface area contributed by atoms with E-state index in [9.17, 15) is 8.78 Å². The van der Waals surface area contributed by atoms with Crippen molar-refractivity contribution in [2.24, 2.45) is 0 Å². The lowest BCUT2D eigenvalue weighted by Crippen LogP contribution is -2.33. The van der Waals surface area contributed by atoms with Gasteiger partial charge in [-0.3, -0.25) is 0 Å². The second kappa shape index (κ2) is 5.96. The van der Waals surface area contributed by atoms with Crippen LogP contribution in [0.5, 0.6) is 0 Å². The van der Waals surface area contributed by atoms with Crippen molar-refractivity contribution in [3.05, 3.63) is 29.3 Å². The highest BCUT2D eigenvalue weighted by Crippen LogP contribution is 2.12. The smallest absolute Gasteiger partial charge is 0.423 e. The second-order valence-electron chi connectivity index (χ2n) is 3.80. The Bertz CT molecular complexity index is 356. The number of rotatable bonds is 5. The molecule has 0 saturated heterocycles. The Morgan fingerprint density at radius 3 is 2.38 bits per heavy atom. The molecule has 0 bridgehead atoms. The summed E-state index contributed by atoms with van der Waals surface area (Å²) in [5.41, 5.74) is -0.132. The van der Waals surface area contributed by atoms with E-state index in [1.165, 1.54) is 0 Å². The lowest BCUT2D eigenvalue weighted by molar-refractivity contribution is 0.422. The van der Waals surface area contributed by atoms with Crippen molar-refractivity contribution in [3.63, 3.8) is 0 Å². The van der Waals surface area contributed by atoms with Crippen LogP contribution in [0.25, 0.3) is 0 Å². The number of hydrogen-bond acceptors (Lipinski definition) is 2. The van der Waals surface area contributed by atoms with Crippen LogP contribution in [0.3, 0.4) is 0 Å². The van der Waals surface area contributed by atoms with Gasteiger partial charge < -0.3 is 10.0 Å². The maximum absolute atomic E-state index is 13.4. The fourth-order valence-electron chi connectivity index (χ4n) is 1.56. The molecule has 0 fully saturated rings. The third-order valence-corrected chi connectivity index (χ3v) is 2.49. The lowest BCUT2D eigenvalue weighted by atomic mass is 9.79. The topological polar surface area (TPSA) is 40.5 Å². The molecule has 2 N–H and O–H groups in total. The van der Waals surface area contributed by atoms with Crippen molar-refractivity contribution in [1.82, 2.24) is 0 Å². The van der Waals surface area contributed by atoms with E-state index in [4.69, 9.17) is 10.0 Å². The zero-order valence-corrected chi connectivity index (χ0v) is 9.21. The van der Waals surface area contributed by atoms with E-state index >= 15 is 0 Å². The average molecular weight is 228 g/mol. The van der Waals surface area contributed by atoms with E-state index in [1.54, 1.807) is 0 Å². The summed E-state index contributed by atoms with van der Waals surface area (Å²) in [6.07, 6.45) is 3.25. The van der Waals surface area contributed by atoms with E-state index in [1.807, 2.05) is 6.92 Å². The van der Waals surface area contributed by atoms with Crippen LogP contribution in [0, 0.1) is 11.6 Å². The highest BCUT2D eigenvalue weighted by Gasteiger charge is 2.19. The molecular formula is C11H15BF2O2. The lowest BCUT2D eigenvalue weighted by Gasteiger charge is -2.07. The number of unbranched alkanes of at least 4 members (excludes halogenated alkanes) is 2. The summed E-state index contributed by atoms with van der Waals surface area (Å²) in [4.78, 5) is 0. The summed E-state index contributed by atoms with van der Waals surface area (Å²) in [6, 6.07) is 1.89. The van der Waals surface area contributed by atoms with Gasteiger partial charge in [-0.2, -0.15) is 0 Å². The van der Waals surface area contributed by atoms with Crippen LogP contribution in [0.4, 0.5) is 8.78 Å². The fraction of sp³-hybridized carbons (Fsp3) is 0.455. The molecule has 16 heavy (non-hydrogen) atoms. The summed E-state index contributed by atoms with van der Waals surface area (Å²) in [6.45, 7) is 2.03. The van der Waals surface area contributed by atoms with Crippen LogP contribution in [-0.4, -0.2) is 17.2 Å². The minimum absolute atomic E-state index is 0.287. The normalized spacial score (nSPS) is 10.6. The largest absolute Gasteiger partial charge is 0.491 e. The molecule has 0 atom stereocenters. The van der Waals surface area contributed by atoms with E-state index in [0.29, 0.717) is 6.42 Å². The van der Waals surface area contributed by atoms with Crippen molar-refractivity contribution in [2.75, 3.05) is 0 Å². The Balaban J connectivity index is 2.84. The van der Waals surface area contributed by atoms with Gasteiger partial charge in [-0.05, 0) is 30.5 Å². The molecular weight excluding hydrogens is 213 g/mol. The van der Waals surface area contributed by atoms with Crippen LogP contribution in [0.1, 0.15) is 31.7 Å². The Labute approximate surface area is 94.1 Å². The molecule has 5 heteroatoms. The van der Waals surface area contributed by atoms with Crippen LogP contribution >= 0.6 is 0 Å². The van der Waals surface area contributed by atoms with Crippen LogP contribution in [-0.2, 0) is 6.42 Å². The zero-order valence-electron chi connectivity index (χ0n) is 9.21. The summed E-state index contributed by atoms with van der Waals surface area (Å²) in [5.74, 6) is -1.36. The molecule has 1 aromatic carbocycles. The Hall–Kier alpha value is -0.935. The third kappa shape index (κ3) is 3.28. The predicted octanol–water partition coefficient (Wildman–Crippen LogP) is 1.38. The van der Waals surface area contributed by atoms with Gasteiger partial charge >= 0.3 is 7.12 Å². The molecule has 0 heterocycles. The van der Waals surface area contributed by atoms with Crippen molar-refractivity contribution >= 4 is 12.6 Å². The van der Waals surface area contributed by atoms with Gasteiger partial charge in [0.15, 0.2) is 0 Å². The van der Waals surface area contributed by atoms with Crippen LogP contribution in [0.15, 0.2) is 12.1 Å². The molecule has 0 spiro atoms. The molecule has 1 aromatic rings. The third-order valence-electron chi connectivity index (χ3n) is 2.49. The van der Waals surface area contributed by atoms with Gasteiger partial charge in [-0.25, -0.2) is 8.78 Å². The summed E-state index contributed by atoms with van der Waals surface area (Å²) < 4.78 is 26.7. The SMILES string of the molecule is CCCCCc1cc(F)c(B(O)O)cc1F. The molecule has 0 amide bonds. The van der Waals surface area contributed by atoms with Crippen LogP contribution in [0.2, 0.25) is 0 Å². The predicted molar refractivity (Wildman–Crippen MR) is 59.4 cm³/mol. The number of halogens is 2. The molecule has 0 aliphatic carbocycles. The first-order chi connectivity index (χ1) is 7.56. The van der Waals surface area contributed by atoms with E-state index in [-0.39, 0.29) is 5.56 Å². The molecule has 2 nitrogen and oxygen atoms in total. The van der Waals surface area contributed by atoms with Gasteiger partial charge in [-0.1, -0.05) is 19.8 Å². The van der Waals surface area contributed by atoms with Crippen LogP contribution < -0.4 is 5.46 Å². The van der Waals surface area contributed by atoms with Gasteiger partial charge in [0, 0.05) is 5.46 Å². The molecule has 88 valence electrons. The number of aryl methyl sites for hydroxylation is 1. The van der Waals surface area contributed by atoms with Crippen molar-refractivity contribution in [2.45, 2.75) is 32.6 Å². The Kier molecular flexibility index (Phi) is 4.89. The monoisotopic (exact) mass is 228 g/mol. The molecule has 0 radical (unpaired) electrons. The molecule has 0 aliphatic rings. The van der Waals surface area contributed by atoms with Crippen molar-refractivity contribution in [1.29, 1.82) is 0 Å². The quantitative estimate of drug-likeness (QED) is 0.590. The molecule has 0 unspecified atom stereocenters. The minimum Gasteiger partial charge on any atom is -0.423 e. The van der Waals surface area contributed by atoms with Crippen molar-refractivity contribution in [3.8, 4) is 0 Å². The van der Waals surface area contributed by atoms with Gasteiger partial charge in [-0.15, -0.1) is 0 Å². The molecule has 1 rings (SSSR count). The minimum atomic E-state index is -1.97. The Morgan fingerprint density at radius 2 is 1.81 bits per heavy atom. The van der Waals surface area contributed by atoms with Crippen molar-refractivity contribution < 1.29 is 18.8 Å². The fourth-order valence-corrected chi connectivity index (χ4v) is 1.56. The standard InChI is InChI=1S/C11H15BF2O2/c1-2-3-4-5-8-6-11(14)9(12(15)16)7-10(8)13/h6-7,15-16H,2-5H2,1H3. The molecule has 0 aliphatic heterocycles. The van der Waals surface area contributed by atoms with E-state index < -0.39 is 24.2 Å². The Morgan fingerprint density at radius 1 is 1.12 bits per heavy atom. The second-order valence-corrected chi connectivity index (χ2v) is 3.80. The van der Waals surface area contributed by atoms with Gasteiger partial charge in [0.05, 0.1) is 0 Å². The molecule has 0 saturated carbocycles. The summed E-state index contributed by atoms with van der Waals surface area (Å²) >= 11 is 0. The average Bonchev–Trinajstić information content (AvgIpc) is 2.22. The first kappa shape index (κ1) is 13.1. The highest BCUT2D eigenvalue weighted by atomic mass is 19.1. The van der Waals surface area contributed by atoms with Gasteiger partial charge in [0.1, 0.15) is 11.6 Å². The zero-order chi connectivity index (χ0) is 12.1. The number of hydrogen-bond donors (Lipinski definition) is 2. The van der Waals surface area contributed by atoms with Gasteiger partial charge in [0.25, 0.3) is 0 Å². The first-order valence-electron chi connectivity index (χ1n) is 5.40. The van der Waals surface area contributed by atoms with E-state index in [2.05, 4.69) is 0 Å².